The summed E-state index contributed by atoms with van der Waals surface area (Å²) in [6, 6.07) is 3.40. The largest absolute Gasteiger partial charge is 0.573 e. The monoisotopic (exact) mass is 273 g/mol. The fourth-order valence-corrected chi connectivity index (χ4v) is 1.59. The number of rotatable bonds is 2. The fourth-order valence-electron chi connectivity index (χ4n) is 1.59. The van der Waals surface area contributed by atoms with E-state index in [4.69, 9.17) is 5.11 Å². The molecule has 2 aromatic rings. The molecule has 0 fully saturated rings. The summed E-state index contributed by atoms with van der Waals surface area (Å²) in [6.07, 6.45) is -4.08. The van der Waals surface area contributed by atoms with Gasteiger partial charge >= 0.3 is 12.3 Å². The molecule has 0 spiro atoms. The molecule has 19 heavy (non-hydrogen) atoms. The second kappa shape index (κ2) is 4.30. The molecule has 0 bridgehead atoms. The molecule has 1 aromatic carbocycles. The summed E-state index contributed by atoms with van der Waals surface area (Å²) in [4.78, 5) is 24.8. The van der Waals surface area contributed by atoms with Gasteiger partial charge in [0, 0.05) is 6.20 Å². The Labute approximate surface area is 103 Å². The number of ether oxygens (including phenoxy) is 1. The number of alkyl halides is 3. The van der Waals surface area contributed by atoms with Gasteiger partial charge in [-0.05, 0) is 12.1 Å². The Kier molecular flexibility index (Phi) is 2.93. The fraction of sp³-hybridized carbons (Fsp3) is 0.0909. The van der Waals surface area contributed by atoms with Gasteiger partial charge in [0.2, 0.25) is 5.43 Å². The molecule has 100 valence electrons. The predicted octanol–water partition coefficient (Wildman–Crippen LogP) is 2.12. The van der Waals surface area contributed by atoms with Crippen LogP contribution >= 0.6 is 0 Å². The van der Waals surface area contributed by atoms with Gasteiger partial charge in [0.05, 0.1) is 10.9 Å². The molecule has 0 aliphatic rings. The maximum Gasteiger partial charge on any atom is 0.573 e. The number of carboxylic acid groups (broad SMARTS) is 1. The number of carboxylic acids is 1. The van der Waals surface area contributed by atoms with Crippen molar-refractivity contribution in [1.82, 2.24) is 4.98 Å². The first-order valence-corrected chi connectivity index (χ1v) is 4.93. The number of hydrogen-bond acceptors (Lipinski definition) is 3. The van der Waals surface area contributed by atoms with E-state index in [2.05, 4.69) is 9.72 Å². The van der Waals surface area contributed by atoms with Crippen LogP contribution in [-0.2, 0) is 0 Å². The number of aromatic carboxylic acids is 1. The Hall–Kier alpha value is -2.51. The highest BCUT2D eigenvalue weighted by Gasteiger charge is 2.32. The van der Waals surface area contributed by atoms with Crippen molar-refractivity contribution in [3.63, 3.8) is 0 Å². The summed E-state index contributed by atoms with van der Waals surface area (Å²) >= 11 is 0. The zero-order valence-corrected chi connectivity index (χ0v) is 9.12. The van der Waals surface area contributed by atoms with Crippen LogP contribution in [0.3, 0.4) is 0 Å². The summed E-state index contributed by atoms with van der Waals surface area (Å²) < 4.78 is 40.3. The highest BCUT2D eigenvalue weighted by Crippen LogP contribution is 2.27. The minimum absolute atomic E-state index is 0.193. The summed E-state index contributed by atoms with van der Waals surface area (Å²) in [6.45, 7) is 0. The van der Waals surface area contributed by atoms with Crippen LogP contribution < -0.4 is 10.2 Å². The Bertz CT molecular complexity index is 705. The van der Waals surface area contributed by atoms with E-state index in [9.17, 15) is 22.8 Å². The highest BCUT2D eigenvalue weighted by molar-refractivity contribution is 5.93. The number of hydrogen-bond donors (Lipinski definition) is 2. The van der Waals surface area contributed by atoms with Crippen LogP contribution in [0.15, 0.2) is 29.2 Å². The maximum atomic E-state index is 12.2. The Morgan fingerprint density at radius 2 is 2.00 bits per heavy atom. The first kappa shape index (κ1) is 12.9. The molecule has 1 heterocycles. The summed E-state index contributed by atoms with van der Waals surface area (Å²) in [5.41, 5.74) is -1.65. The normalized spacial score (nSPS) is 11.5. The molecule has 0 unspecified atom stereocenters. The zero-order chi connectivity index (χ0) is 14.2. The lowest BCUT2D eigenvalue weighted by Gasteiger charge is -2.11. The van der Waals surface area contributed by atoms with E-state index in [-0.39, 0.29) is 10.9 Å². The third-order valence-electron chi connectivity index (χ3n) is 2.33. The van der Waals surface area contributed by atoms with Crippen molar-refractivity contribution in [1.29, 1.82) is 0 Å². The minimum atomic E-state index is -4.91. The van der Waals surface area contributed by atoms with E-state index in [0.29, 0.717) is 0 Å². The molecule has 1 aromatic heterocycles. The van der Waals surface area contributed by atoms with Crippen molar-refractivity contribution >= 4 is 16.9 Å². The number of para-hydroxylation sites is 1. The first-order valence-electron chi connectivity index (χ1n) is 4.93. The predicted molar refractivity (Wildman–Crippen MR) is 58.2 cm³/mol. The molecule has 2 N–H and O–H groups in total. The molecular formula is C11H6F3NO4. The lowest BCUT2D eigenvalue weighted by Crippen LogP contribution is -2.19. The third kappa shape index (κ3) is 2.51. The Balaban J connectivity index is 2.69. The molecule has 0 saturated heterocycles. The van der Waals surface area contributed by atoms with Gasteiger partial charge in [0.15, 0.2) is 5.75 Å². The van der Waals surface area contributed by atoms with Crippen molar-refractivity contribution in [2.45, 2.75) is 6.36 Å². The standard InChI is InChI=1S/C11H6F3NO4/c12-11(13,14)19-7-3-1-2-5-8(7)15-4-6(9(5)16)10(17)18/h1-4H,(H,15,16)(H,17,18). The number of fused-ring (bicyclic) bond motifs is 1. The second-order valence-corrected chi connectivity index (χ2v) is 3.56. The van der Waals surface area contributed by atoms with Crippen LogP contribution in [0.25, 0.3) is 10.9 Å². The van der Waals surface area contributed by atoms with E-state index < -0.39 is 29.1 Å². The number of H-pyrrole nitrogens is 1. The third-order valence-corrected chi connectivity index (χ3v) is 2.33. The highest BCUT2D eigenvalue weighted by atomic mass is 19.4. The number of nitrogens with one attached hydrogen (secondary N) is 1. The average Bonchev–Trinajstić information content (AvgIpc) is 2.28. The van der Waals surface area contributed by atoms with Crippen LogP contribution in [-0.4, -0.2) is 22.4 Å². The molecule has 0 aliphatic heterocycles. The lowest BCUT2D eigenvalue weighted by molar-refractivity contribution is -0.274. The molecule has 8 heteroatoms. The van der Waals surface area contributed by atoms with Gasteiger partial charge in [-0.15, -0.1) is 13.2 Å². The molecule has 5 nitrogen and oxygen atoms in total. The van der Waals surface area contributed by atoms with Gasteiger partial charge < -0.3 is 14.8 Å². The lowest BCUT2D eigenvalue weighted by atomic mass is 10.1. The van der Waals surface area contributed by atoms with Crippen LogP contribution in [0.5, 0.6) is 5.75 Å². The summed E-state index contributed by atoms with van der Waals surface area (Å²) in [5, 5.41) is 8.56. The zero-order valence-electron chi connectivity index (χ0n) is 9.12. The number of pyridine rings is 1. The Morgan fingerprint density at radius 3 is 2.58 bits per heavy atom. The van der Waals surface area contributed by atoms with Crippen LogP contribution in [0.2, 0.25) is 0 Å². The number of aromatic nitrogens is 1. The number of benzene rings is 1. The van der Waals surface area contributed by atoms with E-state index in [0.717, 1.165) is 12.3 Å². The number of halogens is 3. The van der Waals surface area contributed by atoms with Gasteiger partial charge in [0.25, 0.3) is 0 Å². The van der Waals surface area contributed by atoms with Gasteiger partial charge in [-0.25, -0.2) is 4.79 Å². The minimum Gasteiger partial charge on any atom is -0.477 e. The van der Waals surface area contributed by atoms with Crippen molar-refractivity contribution in [2.24, 2.45) is 0 Å². The molecule has 0 amide bonds. The quantitative estimate of drug-likeness (QED) is 0.878. The van der Waals surface area contributed by atoms with E-state index >= 15 is 0 Å². The molecule has 0 saturated carbocycles. The van der Waals surface area contributed by atoms with Gasteiger partial charge in [-0.3, -0.25) is 4.79 Å². The van der Waals surface area contributed by atoms with Crippen molar-refractivity contribution in [3.8, 4) is 5.75 Å². The molecule has 0 aliphatic carbocycles. The van der Waals surface area contributed by atoms with Crippen molar-refractivity contribution in [3.05, 3.63) is 40.2 Å². The summed E-state index contributed by atoms with van der Waals surface area (Å²) in [5.74, 6) is -2.07. The van der Waals surface area contributed by atoms with Gasteiger partial charge in [-0.2, -0.15) is 0 Å². The SMILES string of the molecule is O=C(O)c1c[nH]c2c(OC(F)(F)F)cccc2c1=O. The van der Waals surface area contributed by atoms with Crippen LogP contribution in [0.1, 0.15) is 10.4 Å². The van der Waals surface area contributed by atoms with Gasteiger partial charge in [0.1, 0.15) is 5.56 Å². The molecule has 0 atom stereocenters. The molecular weight excluding hydrogens is 267 g/mol. The smallest absolute Gasteiger partial charge is 0.477 e. The number of aromatic amines is 1. The van der Waals surface area contributed by atoms with Crippen LogP contribution in [0, 0.1) is 0 Å². The summed E-state index contributed by atoms with van der Waals surface area (Å²) in [7, 11) is 0. The van der Waals surface area contributed by atoms with Crippen molar-refractivity contribution < 1.29 is 27.8 Å². The first-order chi connectivity index (χ1) is 8.79. The van der Waals surface area contributed by atoms with Gasteiger partial charge in [-0.1, -0.05) is 6.07 Å². The van der Waals surface area contributed by atoms with E-state index in [1.54, 1.807) is 0 Å². The Morgan fingerprint density at radius 1 is 1.32 bits per heavy atom. The molecule has 2 rings (SSSR count). The molecule has 0 radical (unpaired) electrons. The topological polar surface area (TPSA) is 79.4 Å². The second-order valence-electron chi connectivity index (χ2n) is 3.56. The van der Waals surface area contributed by atoms with E-state index in [1.165, 1.54) is 12.1 Å². The maximum absolute atomic E-state index is 12.2. The van der Waals surface area contributed by atoms with Crippen LogP contribution in [0.4, 0.5) is 13.2 Å². The average molecular weight is 273 g/mol. The van der Waals surface area contributed by atoms with E-state index in [1.807, 2.05) is 0 Å². The van der Waals surface area contributed by atoms with Crippen molar-refractivity contribution in [2.75, 3.05) is 0 Å². The number of carbonyl (C=O) groups is 1.